The Bertz CT molecular complexity index is 515. The van der Waals surface area contributed by atoms with E-state index < -0.39 is 37.6 Å². The summed E-state index contributed by atoms with van der Waals surface area (Å²) in [6.07, 6.45) is -0.767. The quantitative estimate of drug-likeness (QED) is 0.619. The van der Waals surface area contributed by atoms with E-state index in [9.17, 15) is 21.6 Å². The predicted octanol–water partition coefficient (Wildman–Crippen LogP) is -1.13. The molecule has 0 radical (unpaired) electrons. The van der Waals surface area contributed by atoms with Crippen LogP contribution in [0, 0.1) is 0 Å². The van der Waals surface area contributed by atoms with Crippen LogP contribution in [-0.4, -0.2) is 45.6 Å². The summed E-state index contributed by atoms with van der Waals surface area (Å²) in [5, 5.41) is 2.83. The first kappa shape index (κ1) is 12.9. The minimum absolute atomic E-state index is 0.0281. The summed E-state index contributed by atoms with van der Waals surface area (Å²) in [6.45, 7) is -0.204. The average molecular weight is 271 g/mol. The number of amides is 1. The van der Waals surface area contributed by atoms with E-state index in [2.05, 4.69) is 10.1 Å². The van der Waals surface area contributed by atoms with E-state index >= 15 is 0 Å². The fourth-order valence-corrected chi connectivity index (χ4v) is 3.36. The minimum Gasteiger partial charge on any atom is -0.443 e. The number of carbonyl (C=O) groups excluding carboxylic acids is 1. The maximum absolute atomic E-state index is 11.3. The number of ether oxygens (including phenoxy) is 1. The van der Waals surface area contributed by atoms with Crippen molar-refractivity contribution in [2.75, 3.05) is 18.1 Å². The van der Waals surface area contributed by atoms with Gasteiger partial charge in [0.2, 0.25) is 0 Å². The van der Waals surface area contributed by atoms with Gasteiger partial charge < -0.3 is 4.74 Å². The zero-order valence-electron chi connectivity index (χ0n) is 7.91. The Kier molecular flexibility index (Phi) is 3.55. The Morgan fingerprint density at radius 2 is 1.94 bits per heavy atom. The molecule has 1 amide bonds. The minimum atomic E-state index is -4.33. The molecule has 1 aliphatic rings. The summed E-state index contributed by atoms with van der Waals surface area (Å²) in [5.41, 5.74) is 0.0281. The van der Waals surface area contributed by atoms with E-state index in [1.807, 2.05) is 0 Å². The zero-order valence-corrected chi connectivity index (χ0v) is 9.54. The number of rotatable bonds is 4. The van der Waals surface area contributed by atoms with Gasteiger partial charge in [-0.3, -0.25) is 9.87 Å². The lowest BCUT2D eigenvalue weighted by Gasteiger charge is -1.98. The Labute approximate surface area is 91.9 Å². The van der Waals surface area contributed by atoms with Gasteiger partial charge in [-0.05, 0) is 0 Å². The van der Waals surface area contributed by atoms with Gasteiger partial charge in [0.1, 0.15) is 6.61 Å². The van der Waals surface area contributed by atoms with E-state index in [4.69, 9.17) is 4.55 Å². The molecule has 1 fully saturated rings. The summed E-state index contributed by atoms with van der Waals surface area (Å²) in [7, 11) is -8.15. The lowest BCUT2D eigenvalue weighted by molar-refractivity contribution is 0.179. The third-order valence-electron chi connectivity index (χ3n) is 1.57. The van der Waals surface area contributed by atoms with Gasteiger partial charge in [0.05, 0.1) is 22.6 Å². The molecule has 0 aromatic heterocycles. The van der Waals surface area contributed by atoms with Crippen LogP contribution in [0.2, 0.25) is 0 Å². The molecule has 1 saturated heterocycles. The molecule has 10 heteroatoms. The monoisotopic (exact) mass is 271 g/mol. The first-order chi connectivity index (χ1) is 7.18. The van der Waals surface area contributed by atoms with Gasteiger partial charge in [-0.25, -0.2) is 13.2 Å². The van der Waals surface area contributed by atoms with Crippen molar-refractivity contribution < 1.29 is 30.9 Å². The highest BCUT2D eigenvalue weighted by Gasteiger charge is 2.20. The largest absolute Gasteiger partial charge is 0.443 e. The van der Waals surface area contributed by atoms with Crippen molar-refractivity contribution in [3.05, 3.63) is 11.1 Å². The second-order valence-electron chi connectivity index (χ2n) is 3.00. The SMILES string of the molecule is O=C1N/C(=C/S(=O)(=O)CCS(=O)(=O)O)CO1. The lowest BCUT2D eigenvalue weighted by atomic mass is 10.6. The van der Waals surface area contributed by atoms with Crippen LogP contribution in [0.1, 0.15) is 0 Å². The third-order valence-corrected chi connectivity index (χ3v) is 3.96. The predicted molar refractivity (Wildman–Crippen MR) is 52.8 cm³/mol. The van der Waals surface area contributed by atoms with Crippen molar-refractivity contribution in [1.82, 2.24) is 5.32 Å². The second kappa shape index (κ2) is 4.39. The normalized spacial score (nSPS) is 19.6. The molecule has 1 heterocycles. The molecule has 16 heavy (non-hydrogen) atoms. The van der Waals surface area contributed by atoms with Crippen LogP contribution in [0.3, 0.4) is 0 Å². The van der Waals surface area contributed by atoms with E-state index in [0.717, 1.165) is 0 Å². The van der Waals surface area contributed by atoms with E-state index in [1.165, 1.54) is 0 Å². The number of sulfone groups is 1. The number of hydrogen-bond acceptors (Lipinski definition) is 6. The van der Waals surface area contributed by atoms with Gasteiger partial charge >= 0.3 is 6.09 Å². The average Bonchev–Trinajstić information content (AvgIpc) is 2.46. The van der Waals surface area contributed by atoms with Crippen molar-refractivity contribution in [2.45, 2.75) is 0 Å². The highest BCUT2D eigenvalue weighted by molar-refractivity contribution is 7.95. The van der Waals surface area contributed by atoms with Crippen LogP contribution in [0.5, 0.6) is 0 Å². The van der Waals surface area contributed by atoms with Crippen LogP contribution in [0.4, 0.5) is 4.79 Å². The molecule has 1 rings (SSSR count). The van der Waals surface area contributed by atoms with Crippen molar-refractivity contribution in [1.29, 1.82) is 0 Å². The summed E-state index contributed by atoms with van der Waals surface area (Å²) < 4.78 is 56.0. The molecule has 0 spiro atoms. The summed E-state index contributed by atoms with van der Waals surface area (Å²) in [4.78, 5) is 10.6. The molecule has 0 aromatic carbocycles. The van der Waals surface area contributed by atoms with Gasteiger partial charge in [-0.1, -0.05) is 0 Å². The van der Waals surface area contributed by atoms with Crippen molar-refractivity contribution >= 4 is 26.0 Å². The Morgan fingerprint density at radius 1 is 1.31 bits per heavy atom. The van der Waals surface area contributed by atoms with Crippen LogP contribution < -0.4 is 5.32 Å². The molecule has 0 aliphatic carbocycles. The topological polar surface area (TPSA) is 127 Å². The van der Waals surface area contributed by atoms with Gasteiger partial charge in [0.15, 0.2) is 9.84 Å². The first-order valence-electron chi connectivity index (χ1n) is 4.00. The molecule has 0 aromatic rings. The van der Waals surface area contributed by atoms with E-state index in [0.29, 0.717) is 5.41 Å². The second-order valence-corrected chi connectivity index (χ2v) is 6.54. The molecule has 2 N–H and O–H groups in total. The molecular weight excluding hydrogens is 262 g/mol. The molecule has 92 valence electrons. The summed E-state index contributed by atoms with van der Waals surface area (Å²) >= 11 is 0. The standard InChI is InChI=1S/C6H9NO7S2/c8-6-7-5(3-14-6)4-15(9,10)1-2-16(11,12)13/h4H,1-3H2,(H,7,8)(H,11,12,13)/b5-4+. The van der Waals surface area contributed by atoms with Crippen LogP contribution >= 0.6 is 0 Å². The summed E-state index contributed by atoms with van der Waals surface area (Å²) in [5.74, 6) is -1.65. The molecule has 0 bridgehead atoms. The number of carbonyl (C=O) groups is 1. The third kappa shape index (κ3) is 4.59. The molecular formula is C6H9NO7S2. The van der Waals surface area contributed by atoms with Crippen molar-refractivity contribution in [3.63, 3.8) is 0 Å². The first-order valence-corrected chi connectivity index (χ1v) is 7.33. The fraction of sp³-hybridized carbons (Fsp3) is 0.500. The molecule has 0 atom stereocenters. The van der Waals surface area contributed by atoms with Crippen molar-refractivity contribution in [2.24, 2.45) is 0 Å². The lowest BCUT2D eigenvalue weighted by Crippen LogP contribution is -2.17. The Hall–Kier alpha value is -1.13. The smallest absolute Gasteiger partial charge is 0.411 e. The van der Waals surface area contributed by atoms with Crippen LogP contribution in [0.25, 0.3) is 0 Å². The Morgan fingerprint density at radius 3 is 2.38 bits per heavy atom. The number of cyclic esters (lactones) is 1. The molecule has 8 nitrogen and oxygen atoms in total. The number of alkyl carbamates (subject to hydrolysis) is 1. The van der Waals surface area contributed by atoms with E-state index in [1.54, 1.807) is 0 Å². The highest BCUT2D eigenvalue weighted by atomic mass is 32.2. The van der Waals surface area contributed by atoms with Gasteiger partial charge in [0.25, 0.3) is 10.1 Å². The van der Waals surface area contributed by atoms with Gasteiger partial charge in [-0.2, -0.15) is 8.42 Å². The summed E-state index contributed by atoms with van der Waals surface area (Å²) in [6, 6.07) is 0. The van der Waals surface area contributed by atoms with E-state index in [-0.39, 0.29) is 12.3 Å². The van der Waals surface area contributed by atoms with Crippen LogP contribution in [0.15, 0.2) is 11.1 Å². The maximum atomic E-state index is 11.3. The molecule has 0 saturated carbocycles. The van der Waals surface area contributed by atoms with Gasteiger partial charge in [-0.15, -0.1) is 0 Å². The highest BCUT2D eigenvalue weighted by Crippen LogP contribution is 2.05. The van der Waals surface area contributed by atoms with Crippen LogP contribution in [-0.2, 0) is 24.7 Å². The van der Waals surface area contributed by atoms with Gasteiger partial charge in [0, 0.05) is 0 Å². The number of nitrogens with one attached hydrogen (secondary N) is 1. The molecule has 0 unspecified atom stereocenters. The molecule has 1 aliphatic heterocycles. The van der Waals surface area contributed by atoms with Crippen molar-refractivity contribution in [3.8, 4) is 0 Å². The Balaban J connectivity index is 2.69. The zero-order chi connectivity index (χ0) is 12.4. The number of hydrogen-bond donors (Lipinski definition) is 2. The maximum Gasteiger partial charge on any atom is 0.411 e. The fourth-order valence-electron chi connectivity index (χ4n) is 0.907.